The molecule has 0 saturated carbocycles. The van der Waals surface area contributed by atoms with Gasteiger partial charge >= 0.3 is 0 Å². The van der Waals surface area contributed by atoms with Gasteiger partial charge in [0.1, 0.15) is 11.5 Å². The highest BCUT2D eigenvalue weighted by Crippen LogP contribution is 2.40. The van der Waals surface area contributed by atoms with Crippen molar-refractivity contribution in [1.82, 2.24) is 15.1 Å². The summed E-state index contributed by atoms with van der Waals surface area (Å²) >= 11 is 3.54. The maximum Gasteiger partial charge on any atom is 0.276 e. The van der Waals surface area contributed by atoms with E-state index < -0.39 is 0 Å². The Balaban J connectivity index is 1.95. The molecule has 0 aliphatic carbocycles. The Morgan fingerprint density at radius 1 is 1.35 bits per heavy atom. The fraction of sp³-hybridized carbons (Fsp3) is 0.474. The van der Waals surface area contributed by atoms with Crippen molar-refractivity contribution in [2.75, 3.05) is 20.8 Å². The van der Waals surface area contributed by atoms with Gasteiger partial charge in [-0.25, -0.2) is 0 Å². The van der Waals surface area contributed by atoms with Crippen LogP contribution in [0.25, 0.3) is 0 Å². The Morgan fingerprint density at radius 3 is 2.73 bits per heavy atom. The van der Waals surface area contributed by atoms with Gasteiger partial charge in [-0.05, 0) is 52.9 Å². The van der Waals surface area contributed by atoms with Crippen molar-refractivity contribution in [3.8, 4) is 11.5 Å². The molecule has 0 spiro atoms. The number of rotatable bonds is 5. The zero-order valence-electron chi connectivity index (χ0n) is 15.5. The van der Waals surface area contributed by atoms with E-state index in [1.807, 2.05) is 23.1 Å². The van der Waals surface area contributed by atoms with Crippen LogP contribution in [0.2, 0.25) is 0 Å². The number of methoxy groups -OCH3 is 2. The van der Waals surface area contributed by atoms with Crippen molar-refractivity contribution in [3.63, 3.8) is 0 Å². The van der Waals surface area contributed by atoms with Crippen molar-refractivity contribution in [3.05, 3.63) is 39.6 Å². The molecule has 1 atom stereocenters. The predicted octanol–water partition coefficient (Wildman–Crippen LogP) is 4.29. The number of H-pyrrole nitrogens is 1. The van der Waals surface area contributed by atoms with Gasteiger partial charge in [0.25, 0.3) is 5.91 Å². The standard InChI is InChI=1S/C19H24BrN3O3/c1-11(2)17-16(20)18(22-21-17)19(24)23-9-5-6-14(23)13-10-12(25-3)7-8-15(13)26-4/h7-8,10-11,14H,5-6,9H2,1-4H3,(H,21,22). The molecule has 1 saturated heterocycles. The van der Waals surface area contributed by atoms with Crippen molar-refractivity contribution < 1.29 is 14.3 Å². The molecule has 2 heterocycles. The number of amides is 1. The van der Waals surface area contributed by atoms with Crippen LogP contribution < -0.4 is 9.47 Å². The summed E-state index contributed by atoms with van der Waals surface area (Å²) in [6.45, 7) is 4.82. The average Bonchev–Trinajstić information content (AvgIpc) is 3.27. The normalized spacial score (nSPS) is 17.0. The molecule has 1 unspecified atom stereocenters. The molecule has 0 radical (unpaired) electrons. The van der Waals surface area contributed by atoms with E-state index in [9.17, 15) is 4.79 Å². The van der Waals surface area contributed by atoms with E-state index in [-0.39, 0.29) is 17.9 Å². The van der Waals surface area contributed by atoms with E-state index in [2.05, 4.69) is 40.0 Å². The van der Waals surface area contributed by atoms with Crippen LogP contribution in [0.4, 0.5) is 0 Å². The highest BCUT2D eigenvalue weighted by Gasteiger charge is 2.35. The Kier molecular flexibility index (Phi) is 5.55. The van der Waals surface area contributed by atoms with E-state index in [1.165, 1.54) is 0 Å². The van der Waals surface area contributed by atoms with Crippen LogP contribution in [0.1, 0.15) is 60.4 Å². The van der Waals surface area contributed by atoms with Crippen molar-refractivity contribution in [1.29, 1.82) is 0 Å². The van der Waals surface area contributed by atoms with Crippen LogP contribution in [0, 0.1) is 0 Å². The second-order valence-electron chi connectivity index (χ2n) is 6.72. The first kappa shape index (κ1) is 18.8. The zero-order chi connectivity index (χ0) is 18.8. The molecule has 1 fully saturated rings. The summed E-state index contributed by atoms with van der Waals surface area (Å²) in [6.07, 6.45) is 1.82. The lowest BCUT2D eigenvalue weighted by Gasteiger charge is -2.26. The monoisotopic (exact) mass is 421 g/mol. The fourth-order valence-electron chi connectivity index (χ4n) is 3.44. The quantitative estimate of drug-likeness (QED) is 0.781. The number of aromatic amines is 1. The highest BCUT2D eigenvalue weighted by atomic mass is 79.9. The number of aromatic nitrogens is 2. The average molecular weight is 422 g/mol. The van der Waals surface area contributed by atoms with Gasteiger partial charge in [0.05, 0.1) is 30.4 Å². The molecule has 0 bridgehead atoms. The SMILES string of the molecule is COc1ccc(OC)c(C2CCCN2C(=O)c2n[nH]c(C(C)C)c2Br)c1. The summed E-state index contributed by atoms with van der Waals surface area (Å²) < 4.78 is 11.6. The van der Waals surface area contributed by atoms with Gasteiger partial charge in [-0.15, -0.1) is 0 Å². The summed E-state index contributed by atoms with van der Waals surface area (Å²) in [5, 5.41) is 7.25. The molecule has 1 amide bonds. The Morgan fingerprint density at radius 2 is 2.12 bits per heavy atom. The summed E-state index contributed by atoms with van der Waals surface area (Å²) in [5.41, 5.74) is 2.33. The van der Waals surface area contributed by atoms with Crippen molar-refractivity contribution >= 4 is 21.8 Å². The first-order chi connectivity index (χ1) is 12.5. The maximum absolute atomic E-state index is 13.2. The van der Waals surface area contributed by atoms with Gasteiger partial charge in [-0.1, -0.05) is 13.8 Å². The van der Waals surface area contributed by atoms with Crippen molar-refractivity contribution in [2.45, 2.75) is 38.6 Å². The number of hydrogen-bond acceptors (Lipinski definition) is 4. The third-order valence-corrected chi connectivity index (χ3v) is 5.62. The molecule has 6 nitrogen and oxygen atoms in total. The Bertz CT molecular complexity index is 803. The minimum atomic E-state index is -0.0765. The maximum atomic E-state index is 13.2. The molecule has 1 N–H and O–H groups in total. The van der Waals surface area contributed by atoms with Crippen molar-refractivity contribution in [2.24, 2.45) is 0 Å². The third-order valence-electron chi connectivity index (χ3n) is 4.82. The molecular formula is C19H24BrN3O3. The summed E-state index contributed by atoms with van der Waals surface area (Å²) in [6, 6.07) is 5.64. The number of hydrogen-bond donors (Lipinski definition) is 1. The number of ether oxygens (including phenoxy) is 2. The minimum absolute atomic E-state index is 0.0568. The second kappa shape index (κ2) is 7.70. The number of halogens is 1. The summed E-state index contributed by atoms with van der Waals surface area (Å²) in [5.74, 6) is 1.70. The van der Waals surface area contributed by atoms with Gasteiger partial charge < -0.3 is 14.4 Å². The van der Waals surface area contributed by atoms with Gasteiger partial charge in [0.2, 0.25) is 0 Å². The molecular weight excluding hydrogens is 398 g/mol. The molecule has 26 heavy (non-hydrogen) atoms. The zero-order valence-corrected chi connectivity index (χ0v) is 17.1. The predicted molar refractivity (Wildman–Crippen MR) is 103 cm³/mol. The fourth-order valence-corrected chi connectivity index (χ4v) is 4.24. The van der Waals surface area contributed by atoms with E-state index in [1.54, 1.807) is 14.2 Å². The number of likely N-dealkylation sites (tertiary alicyclic amines) is 1. The Hall–Kier alpha value is -2.02. The first-order valence-corrected chi connectivity index (χ1v) is 9.53. The van der Waals surface area contributed by atoms with Gasteiger partial charge in [0, 0.05) is 12.1 Å². The number of nitrogens with one attached hydrogen (secondary N) is 1. The van der Waals surface area contributed by atoms with Crippen LogP contribution in [-0.2, 0) is 0 Å². The minimum Gasteiger partial charge on any atom is -0.497 e. The van der Waals surface area contributed by atoms with E-state index in [4.69, 9.17) is 9.47 Å². The molecule has 2 aromatic rings. The van der Waals surface area contributed by atoms with E-state index >= 15 is 0 Å². The number of nitrogens with zero attached hydrogens (tertiary/aromatic N) is 2. The molecule has 1 aliphatic heterocycles. The van der Waals surface area contributed by atoms with Gasteiger partial charge in [-0.2, -0.15) is 5.10 Å². The Labute approximate surface area is 162 Å². The summed E-state index contributed by atoms with van der Waals surface area (Å²) in [4.78, 5) is 15.1. The largest absolute Gasteiger partial charge is 0.497 e. The lowest BCUT2D eigenvalue weighted by Crippen LogP contribution is -2.31. The van der Waals surface area contributed by atoms with Crippen LogP contribution in [0.3, 0.4) is 0 Å². The van der Waals surface area contributed by atoms with Crippen LogP contribution in [0.5, 0.6) is 11.5 Å². The van der Waals surface area contributed by atoms with Gasteiger partial charge in [-0.3, -0.25) is 9.89 Å². The lowest BCUT2D eigenvalue weighted by molar-refractivity contribution is 0.0727. The molecule has 1 aliphatic rings. The highest BCUT2D eigenvalue weighted by molar-refractivity contribution is 9.10. The number of benzene rings is 1. The molecule has 1 aromatic heterocycles. The molecule has 3 rings (SSSR count). The first-order valence-electron chi connectivity index (χ1n) is 8.74. The van der Waals surface area contributed by atoms with Crippen LogP contribution >= 0.6 is 15.9 Å². The topological polar surface area (TPSA) is 67.5 Å². The van der Waals surface area contributed by atoms with Gasteiger partial charge in [0.15, 0.2) is 5.69 Å². The third kappa shape index (κ3) is 3.32. The second-order valence-corrected chi connectivity index (χ2v) is 7.51. The number of carbonyl (C=O) groups excluding carboxylic acids is 1. The lowest BCUT2D eigenvalue weighted by atomic mass is 10.0. The van der Waals surface area contributed by atoms with Crippen LogP contribution in [-0.4, -0.2) is 41.8 Å². The molecule has 7 heteroatoms. The van der Waals surface area contributed by atoms with E-state index in [0.29, 0.717) is 12.2 Å². The molecule has 1 aromatic carbocycles. The summed E-state index contributed by atoms with van der Waals surface area (Å²) in [7, 11) is 3.28. The smallest absolute Gasteiger partial charge is 0.276 e. The number of carbonyl (C=O) groups is 1. The van der Waals surface area contributed by atoms with Crippen LogP contribution in [0.15, 0.2) is 22.7 Å². The van der Waals surface area contributed by atoms with E-state index in [0.717, 1.165) is 40.1 Å². The molecule has 140 valence electrons.